The van der Waals surface area contributed by atoms with Crippen molar-refractivity contribution in [1.29, 1.82) is 5.26 Å². The van der Waals surface area contributed by atoms with Crippen molar-refractivity contribution < 1.29 is 45.0 Å². The third-order valence-corrected chi connectivity index (χ3v) is 4.18. The van der Waals surface area contributed by atoms with Gasteiger partial charge in [-0.3, -0.25) is 4.79 Å². The van der Waals surface area contributed by atoms with Gasteiger partial charge < -0.3 is 10.4 Å². The number of carbonyl (C=O) groups is 1. The zero-order valence-electron chi connectivity index (χ0n) is 14.3. The van der Waals surface area contributed by atoms with Gasteiger partial charge in [0.1, 0.15) is 17.6 Å². The molecule has 6 nitrogen and oxygen atoms in total. The molecule has 0 spiro atoms. The average molecular weight is 497 g/mol. The van der Waals surface area contributed by atoms with E-state index < -0.39 is 69.2 Å². The fourth-order valence-electron chi connectivity index (χ4n) is 2.32. The Labute approximate surface area is 176 Å². The monoisotopic (exact) mass is 496 g/mol. The van der Waals surface area contributed by atoms with Crippen molar-refractivity contribution in [2.45, 2.75) is 24.9 Å². The van der Waals surface area contributed by atoms with Gasteiger partial charge in [0.25, 0.3) is 5.91 Å². The SMILES string of the molecule is N#Cc1nn(-c2c(Cl)cc(C(F)(F)F)cc2Cl)c(NC(=O)C(F)F)c1C(O)C(F)(F)F. The Morgan fingerprint density at radius 1 is 1.16 bits per heavy atom. The largest absolute Gasteiger partial charge is 0.418 e. The Balaban J connectivity index is 2.87. The molecule has 2 rings (SSSR count). The number of benzene rings is 1. The highest BCUT2D eigenvalue weighted by molar-refractivity contribution is 6.38. The molecule has 1 aromatic heterocycles. The predicted octanol–water partition coefficient (Wildman–Crippen LogP) is 4.87. The summed E-state index contributed by atoms with van der Waals surface area (Å²) in [4.78, 5) is 11.4. The van der Waals surface area contributed by atoms with Crippen LogP contribution in [-0.4, -0.2) is 33.4 Å². The van der Waals surface area contributed by atoms with Crippen molar-refractivity contribution >= 4 is 34.9 Å². The summed E-state index contributed by atoms with van der Waals surface area (Å²) >= 11 is 11.5. The van der Waals surface area contributed by atoms with Gasteiger partial charge in [-0.15, -0.1) is 0 Å². The number of aliphatic hydroxyl groups is 1. The third-order valence-electron chi connectivity index (χ3n) is 3.61. The lowest BCUT2D eigenvalue weighted by Crippen LogP contribution is -2.26. The Morgan fingerprint density at radius 2 is 1.68 bits per heavy atom. The molecule has 2 aromatic rings. The number of hydrogen-bond donors (Lipinski definition) is 2. The van der Waals surface area contributed by atoms with Gasteiger partial charge in [-0.1, -0.05) is 23.2 Å². The van der Waals surface area contributed by atoms with Gasteiger partial charge in [0.15, 0.2) is 11.8 Å². The quantitative estimate of drug-likeness (QED) is 0.591. The summed E-state index contributed by atoms with van der Waals surface area (Å²) in [5, 5.41) is 21.6. The molecule has 31 heavy (non-hydrogen) atoms. The molecule has 0 fully saturated rings. The molecule has 0 saturated carbocycles. The van der Waals surface area contributed by atoms with Crippen LogP contribution >= 0.6 is 23.2 Å². The number of nitriles is 1. The van der Waals surface area contributed by atoms with E-state index in [1.54, 1.807) is 0 Å². The standard InChI is InChI=1S/C15H6Cl2F8N4O2/c16-5-1-4(14(20,21)22)2-6(17)9(5)29-12(27-13(31)11(18)19)8(7(3-26)28-29)10(30)15(23,24)25/h1-2,10-11,30H,(H,27,31). The number of aromatic nitrogens is 2. The zero-order chi connectivity index (χ0) is 23.9. The summed E-state index contributed by atoms with van der Waals surface area (Å²) in [6.07, 6.45) is -17.6. The molecule has 1 unspecified atom stereocenters. The molecule has 0 saturated heterocycles. The molecule has 0 bridgehead atoms. The number of alkyl halides is 8. The van der Waals surface area contributed by atoms with Gasteiger partial charge in [-0.05, 0) is 12.1 Å². The van der Waals surface area contributed by atoms with Crippen molar-refractivity contribution in [2.75, 3.05) is 5.32 Å². The second-order valence-electron chi connectivity index (χ2n) is 5.65. The topological polar surface area (TPSA) is 90.9 Å². The van der Waals surface area contributed by atoms with Gasteiger partial charge in [0.05, 0.1) is 21.2 Å². The molecule has 1 heterocycles. The Hall–Kier alpha value is -2.63. The molecule has 0 aliphatic heterocycles. The summed E-state index contributed by atoms with van der Waals surface area (Å²) in [7, 11) is 0. The highest BCUT2D eigenvalue weighted by atomic mass is 35.5. The van der Waals surface area contributed by atoms with Crippen LogP contribution in [-0.2, 0) is 11.0 Å². The number of hydrogen-bond acceptors (Lipinski definition) is 4. The lowest BCUT2D eigenvalue weighted by atomic mass is 10.1. The van der Waals surface area contributed by atoms with E-state index in [0.717, 1.165) is 6.07 Å². The van der Waals surface area contributed by atoms with Crippen LogP contribution in [0.4, 0.5) is 40.9 Å². The molecular formula is C15H6Cl2F8N4O2. The van der Waals surface area contributed by atoms with Crippen LogP contribution in [0.2, 0.25) is 10.0 Å². The number of rotatable bonds is 4. The van der Waals surface area contributed by atoms with Crippen LogP contribution in [0, 0.1) is 11.3 Å². The maximum atomic E-state index is 13.0. The first-order valence-corrected chi connectivity index (χ1v) is 8.28. The highest BCUT2D eigenvalue weighted by Crippen LogP contribution is 2.42. The Kier molecular flexibility index (Phi) is 6.74. The van der Waals surface area contributed by atoms with E-state index in [1.807, 2.05) is 0 Å². The molecule has 1 atom stereocenters. The molecule has 1 amide bonds. The van der Waals surface area contributed by atoms with Crippen LogP contribution in [0.1, 0.15) is 22.9 Å². The van der Waals surface area contributed by atoms with E-state index >= 15 is 0 Å². The minimum atomic E-state index is -5.45. The number of nitrogens with zero attached hydrogens (tertiary/aromatic N) is 3. The van der Waals surface area contributed by atoms with Crippen molar-refractivity contribution in [3.8, 4) is 11.8 Å². The lowest BCUT2D eigenvalue weighted by Gasteiger charge is -2.18. The van der Waals surface area contributed by atoms with Crippen LogP contribution in [0.25, 0.3) is 5.69 Å². The van der Waals surface area contributed by atoms with Gasteiger partial charge in [0.2, 0.25) is 0 Å². The molecule has 2 N–H and O–H groups in total. The van der Waals surface area contributed by atoms with E-state index in [2.05, 4.69) is 5.10 Å². The molecule has 0 aliphatic rings. The van der Waals surface area contributed by atoms with Gasteiger partial charge in [-0.25, -0.2) is 4.68 Å². The normalized spacial score (nSPS) is 13.3. The average Bonchev–Trinajstić information content (AvgIpc) is 2.96. The summed E-state index contributed by atoms with van der Waals surface area (Å²) in [6, 6.07) is 1.76. The highest BCUT2D eigenvalue weighted by Gasteiger charge is 2.45. The molecule has 0 radical (unpaired) electrons. The van der Waals surface area contributed by atoms with Crippen molar-refractivity contribution in [3.05, 3.63) is 39.0 Å². The van der Waals surface area contributed by atoms with Crippen molar-refractivity contribution in [3.63, 3.8) is 0 Å². The van der Waals surface area contributed by atoms with Crippen molar-refractivity contribution in [1.82, 2.24) is 9.78 Å². The first-order valence-electron chi connectivity index (χ1n) is 7.53. The van der Waals surface area contributed by atoms with E-state index in [0.29, 0.717) is 12.1 Å². The number of anilines is 1. The second-order valence-corrected chi connectivity index (χ2v) is 6.47. The molecular weight excluding hydrogens is 491 g/mol. The number of aliphatic hydroxyl groups excluding tert-OH is 1. The van der Waals surface area contributed by atoms with Crippen LogP contribution in [0.15, 0.2) is 12.1 Å². The molecule has 168 valence electrons. The number of amides is 1. The van der Waals surface area contributed by atoms with Crippen LogP contribution in [0.3, 0.4) is 0 Å². The Morgan fingerprint density at radius 3 is 2.06 bits per heavy atom. The molecule has 16 heteroatoms. The second kappa shape index (κ2) is 8.48. The molecule has 0 aliphatic carbocycles. The fourth-order valence-corrected chi connectivity index (χ4v) is 2.97. The van der Waals surface area contributed by atoms with Gasteiger partial charge in [-0.2, -0.15) is 45.5 Å². The van der Waals surface area contributed by atoms with Gasteiger partial charge >= 0.3 is 18.8 Å². The van der Waals surface area contributed by atoms with E-state index in [1.165, 1.54) is 5.32 Å². The van der Waals surface area contributed by atoms with E-state index in [4.69, 9.17) is 28.5 Å². The van der Waals surface area contributed by atoms with Crippen molar-refractivity contribution in [2.24, 2.45) is 0 Å². The number of carbonyl (C=O) groups excluding carboxylic acids is 1. The zero-order valence-corrected chi connectivity index (χ0v) is 15.8. The number of halogens is 10. The summed E-state index contributed by atoms with van der Waals surface area (Å²) < 4.78 is 103. The first-order chi connectivity index (χ1) is 14.1. The third kappa shape index (κ3) is 5.00. The number of nitrogens with one attached hydrogen (secondary N) is 1. The summed E-state index contributed by atoms with van der Waals surface area (Å²) in [5.74, 6) is -3.46. The maximum Gasteiger partial charge on any atom is 0.418 e. The minimum Gasteiger partial charge on any atom is -0.379 e. The lowest BCUT2D eigenvalue weighted by molar-refractivity contribution is -0.206. The summed E-state index contributed by atoms with van der Waals surface area (Å²) in [5.41, 5.74) is -4.79. The van der Waals surface area contributed by atoms with Crippen LogP contribution < -0.4 is 5.32 Å². The maximum absolute atomic E-state index is 13.0. The summed E-state index contributed by atoms with van der Waals surface area (Å²) in [6.45, 7) is 0. The van der Waals surface area contributed by atoms with Crippen LogP contribution in [0.5, 0.6) is 0 Å². The van der Waals surface area contributed by atoms with E-state index in [-0.39, 0.29) is 4.68 Å². The predicted molar refractivity (Wildman–Crippen MR) is 88.9 cm³/mol. The Bertz CT molecular complexity index is 1040. The minimum absolute atomic E-state index is 0.147. The molecule has 1 aromatic carbocycles. The first kappa shape index (κ1) is 24.6. The fraction of sp³-hybridized carbons (Fsp3) is 0.267. The van der Waals surface area contributed by atoms with E-state index in [9.17, 15) is 45.0 Å². The van der Waals surface area contributed by atoms with Gasteiger partial charge in [0, 0.05) is 0 Å². The smallest absolute Gasteiger partial charge is 0.379 e.